The molecule has 0 atom stereocenters. The summed E-state index contributed by atoms with van der Waals surface area (Å²) in [6.45, 7) is 2.85. The van der Waals surface area contributed by atoms with Crippen LogP contribution in [0.1, 0.15) is 41.6 Å². The van der Waals surface area contributed by atoms with Gasteiger partial charge in [0.05, 0.1) is 12.7 Å². The Bertz CT molecular complexity index is 947. The molecule has 6 nitrogen and oxygen atoms in total. The summed E-state index contributed by atoms with van der Waals surface area (Å²) in [5, 5.41) is 0. The molecule has 1 aliphatic rings. The molecule has 150 valence electrons. The van der Waals surface area contributed by atoms with Crippen LogP contribution in [0.5, 0.6) is 11.5 Å². The lowest BCUT2D eigenvalue weighted by Gasteiger charge is -2.21. The fourth-order valence-corrected chi connectivity index (χ4v) is 4.97. The van der Waals surface area contributed by atoms with E-state index in [0.717, 1.165) is 31.2 Å². The molecule has 2 aromatic rings. The molecule has 0 bridgehead atoms. The van der Waals surface area contributed by atoms with Crippen LogP contribution in [-0.4, -0.2) is 38.9 Å². The van der Waals surface area contributed by atoms with Crippen LogP contribution in [0, 0.1) is 6.92 Å². The van der Waals surface area contributed by atoms with E-state index >= 15 is 0 Å². The first-order valence-electron chi connectivity index (χ1n) is 9.39. The van der Waals surface area contributed by atoms with Crippen LogP contribution in [0.2, 0.25) is 0 Å². The normalized spacial score (nSPS) is 15.6. The number of ether oxygens (including phenoxy) is 2. The predicted molar refractivity (Wildman–Crippen MR) is 106 cm³/mol. The number of rotatable bonds is 5. The van der Waals surface area contributed by atoms with Gasteiger partial charge in [0.2, 0.25) is 10.0 Å². The molecule has 0 radical (unpaired) electrons. The molecule has 0 aliphatic carbocycles. The molecular formula is C21H25NO5S. The van der Waals surface area contributed by atoms with E-state index in [1.807, 2.05) is 13.0 Å². The minimum Gasteiger partial charge on any atom is -0.495 e. The van der Waals surface area contributed by atoms with Crippen LogP contribution < -0.4 is 9.47 Å². The highest BCUT2D eigenvalue weighted by Crippen LogP contribution is 2.30. The Balaban J connectivity index is 1.92. The number of sulfonamides is 1. The number of carbonyl (C=O) groups is 1. The lowest BCUT2D eigenvalue weighted by Crippen LogP contribution is -2.32. The maximum absolute atomic E-state index is 13.2. The topological polar surface area (TPSA) is 72.9 Å². The van der Waals surface area contributed by atoms with Gasteiger partial charge in [-0.15, -0.1) is 0 Å². The molecule has 1 fully saturated rings. The van der Waals surface area contributed by atoms with Gasteiger partial charge in [0.15, 0.2) is 0 Å². The maximum atomic E-state index is 13.2. The molecule has 1 saturated heterocycles. The summed E-state index contributed by atoms with van der Waals surface area (Å²) in [4.78, 5) is 12.6. The van der Waals surface area contributed by atoms with Crippen molar-refractivity contribution >= 4 is 16.0 Å². The second-order valence-electron chi connectivity index (χ2n) is 6.89. The van der Waals surface area contributed by atoms with E-state index in [2.05, 4.69) is 0 Å². The third-order valence-electron chi connectivity index (χ3n) is 4.78. The summed E-state index contributed by atoms with van der Waals surface area (Å²) < 4.78 is 38.5. The number of hydrogen-bond acceptors (Lipinski definition) is 5. The van der Waals surface area contributed by atoms with Crippen molar-refractivity contribution < 1.29 is 22.7 Å². The maximum Gasteiger partial charge on any atom is 0.343 e. The van der Waals surface area contributed by atoms with Gasteiger partial charge in [-0.05, 0) is 55.7 Å². The fourth-order valence-electron chi connectivity index (χ4n) is 3.27. The summed E-state index contributed by atoms with van der Waals surface area (Å²) in [6.07, 6.45) is 3.70. The first-order chi connectivity index (χ1) is 13.4. The zero-order valence-corrected chi connectivity index (χ0v) is 17.0. The molecule has 1 heterocycles. The van der Waals surface area contributed by atoms with E-state index in [4.69, 9.17) is 9.47 Å². The highest BCUT2D eigenvalue weighted by molar-refractivity contribution is 7.89. The van der Waals surface area contributed by atoms with Crippen LogP contribution in [0.15, 0.2) is 47.4 Å². The second kappa shape index (κ2) is 8.75. The lowest BCUT2D eigenvalue weighted by molar-refractivity contribution is 0.0734. The minimum absolute atomic E-state index is 0.00408. The summed E-state index contributed by atoms with van der Waals surface area (Å²) in [5.41, 5.74) is 1.13. The molecule has 2 aromatic carbocycles. The number of nitrogens with zero attached hydrogens (tertiary/aromatic N) is 1. The molecule has 0 aromatic heterocycles. The second-order valence-corrected chi connectivity index (χ2v) is 8.80. The van der Waals surface area contributed by atoms with Gasteiger partial charge in [0.1, 0.15) is 16.4 Å². The minimum atomic E-state index is -3.76. The van der Waals surface area contributed by atoms with Crippen LogP contribution >= 0.6 is 0 Å². The zero-order chi connectivity index (χ0) is 20.1. The lowest BCUT2D eigenvalue weighted by atomic mass is 10.2. The third-order valence-corrected chi connectivity index (χ3v) is 6.70. The van der Waals surface area contributed by atoms with Crippen LogP contribution in [-0.2, 0) is 10.0 Å². The van der Waals surface area contributed by atoms with Crippen molar-refractivity contribution in [2.45, 2.75) is 37.5 Å². The summed E-state index contributed by atoms with van der Waals surface area (Å²) in [6, 6.07) is 11.5. The Morgan fingerprint density at radius 1 is 1.00 bits per heavy atom. The molecule has 0 saturated carbocycles. The molecular weight excluding hydrogens is 378 g/mol. The van der Waals surface area contributed by atoms with Gasteiger partial charge in [-0.1, -0.05) is 25.0 Å². The Morgan fingerprint density at radius 3 is 2.36 bits per heavy atom. The molecule has 0 spiro atoms. The van der Waals surface area contributed by atoms with Crippen molar-refractivity contribution in [3.63, 3.8) is 0 Å². The van der Waals surface area contributed by atoms with Gasteiger partial charge in [-0.3, -0.25) is 0 Å². The number of carbonyl (C=O) groups excluding carboxylic acids is 1. The SMILES string of the molecule is COc1ccc(C(=O)Oc2cccc(C)c2)cc1S(=O)(=O)N1CCCCCC1. The standard InChI is InChI=1S/C21H25NO5S/c1-16-8-7-9-18(14-16)27-21(23)17-10-11-19(26-2)20(15-17)28(24,25)22-12-5-3-4-6-13-22/h7-11,14-15H,3-6,12-13H2,1-2H3. The molecule has 1 aliphatic heterocycles. The van der Waals surface area contributed by atoms with Gasteiger partial charge in [-0.2, -0.15) is 4.31 Å². The van der Waals surface area contributed by atoms with Gasteiger partial charge in [0, 0.05) is 13.1 Å². The van der Waals surface area contributed by atoms with Crippen LogP contribution in [0.4, 0.5) is 0 Å². The van der Waals surface area contributed by atoms with Gasteiger partial charge >= 0.3 is 5.97 Å². The smallest absolute Gasteiger partial charge is 0.343 e. The van der Waals surface area contributed by atoms with Gasteiger partial charge < -0.3 is 9.47 Å². The van der Waals surface area contributed by atoms with Crippen LogP contribution in [0.25, 0.3) is 0 Å². The monoisotopic (exact) mass is 403 g/mol. The van der Waals surface area contributed by atoms with Crippen molar-refractivity contribution in [1.82, 2.24) is 4.31 Å². The van der Waals surface area contributed by atoms with Gasteiger partial charge in [-0.25, -0.2) is 13.2 Å². The average Bonchev–Trinajstić information content (AvgIpc) is 2.97. The van der Waals surface area contributed by atoms with Crippen molar-refractivity contribution in [2.75, 3.05) is 20.2 Å². The van der Waals surface area contributed by atoms with E-state index in [0.29, 0.717) is 18.8 Å². The van der Waals surface area contributed by atoms with E-state index in [1.54, 1.807) is 18.2 Å². The first kappa shape index (κ1) is 20.4. The number of hydrogen-bond donors (Lipinski definition) is 0. The Labute approximate surface area is 166 Å². The third kappa shape index (κ3) is 4.54. The zero-order valence-electron chi connectivity index (χ0n) is 16.2. The molecule has 28 heavy (non-hydrogen) atoms. The summed E-state index contributed by atoms with van der Waals surface area (Å²) >= 11 is 0. The molecule has 0 amide bonds. The number of methoxy groups -OCH3 is 1. The number of benzene rings is 2. The average molecular weight is 404 g/mol. The quantitative estimate of drug-likeness (QED) is 0.561. The molecule has 0 unspecified atom stereocenters. The molecule has 0 N–H and O–H groups in total. The van der Waals surface area contributed by atoms with Crippen molar-refractivity contribution in [1.29, 1.82) is 0 Å². The fraction of sp³-hybridized carbons (Fsp3) is 0.381. The molecule has 7 heteroatoms. The van der Waals surface area contributed by atoms with Crippen LogP contribution in [0.3, 0.4) is 0 Å². The Hall–Kier alpha value is -2.38. The van der Waals surface area contributed by atoms with Crippen molar-refractivity contribution in [3.8, 4) is 11.5 Å². The van der Waals surface area contributed by atoms with E-state index < -0.39 is 16.0 Å². The highest BCUT2D eigenvalue weighted by atomic mass is 32.2. The Kier molecular flexibility index (Phi) is 6.36. The highest BCUT2D eigenvalue weighted by Gasteiger charge is 2.29. The number of aryl methyl sites for hydroxylation is 1. The van der Waals surface area contributed by atoms with E-state index in [-0.39, 0.29) is 16.2 Å². The van der Waals surface area contributed by atoms with E-state index in [1.165, 1.54) is 29.6 Å². The van der Waals surface area contributed by atoms with E-state index in [9.17, 15) is 13.2 Å². The summed E-state index contributed by atoms with van der Waals surface area (Å²) in [5.74, 6) is 0.0228. The van der Waals surface area contributed by atoms with Crippen molar-refractivity contribution in [3.05, 3.63) is 53.6 Å². The Morgan fingerprint density at radius 2 is 1.71 bits per heavy atom. The largest absolute Gasteiger partial charge is 0.495 e. The van der Waals surface area contributed by atoms with Gasteiger partial charge in [0.25, 0.3) is 0 Å². The summed E-state index contributed by atoms with van der Waals surface area (Å²) in [7, 11) is -2.34. The predicted octanol–water partition coefficient (Wildman–Crippen LogP) is 3.79. The first-order valence-corrected chi connectivity index (χ1v) is 10.8. The molecule has 3 rings (SSSR count). The number of esters is 1. The van der Waals surface area contributed by atoms with Crippen molar-refractivity contribution in [2.24, 2.45) is 0 Å².